The predicted octanol–water partition coefficient (Wildman–Crippen LogP) is 4.29. The van der Waals surface area contributed by atoms with Gasteiger partial charge >= 0.3 is 0 Å². The van der Waals surface area contributed by atoms with Gasteiger partial charge in [0.25, 0.3) is 0 Å². The molecule has 1 aliphatic rings. The minimum Gasteiger partial charge on any atom is -0.388 e. The van der Waals surface area contributed by atoms with Gasteiger partial charge in [0.15, 0.2) is 0 Å². The molecule has 2 heteroatoms. The topological polar surface area (TPSA) is 20.2 Å². The molecular formula is C16H18OS. The molecule has 3 rings (SSSR count). The Kier molecular flexibility index (Phi) is 3.48. The molecule has 1 atom stereocenters. The van der Waals surface area contributed by atoms with E-state index in [-0.39, 0.29) is 6.10 Å². The second-order valence-corrected chi connectivity index (χ2v) is 5.87. The second kappa shape index (κ2) is 5.25. The summed E-state index contributed by atoms with van der Waals surface area (Å²) in [5.74, 6) is 0.706. The first-order valence-electron chi connectivity index (χ1n) is 6.62. The van der Waals surface area contributed by atoms with Gasteiger partial charge in [0.2, 0.25) is 0 Å². The first-order valence-corrected chi connectivity index (χ1v) is 7.57. The third-order valence-corrected chi connectivity index (χ3v) is 4.39. The summed E-state index contributed by atoms with van der Waals surface area (Å²) in [5, 5.41) is 14.6. The summed E-state index contributed by atoms with van der Waals surface area (Å²) >= 11 is 1.72. The maximum Gasteiger partial charge on any atom is 0.0796 e. The minimum absolute atomic E-state index is 0.318. The number of aryl methyl sites for hydroxylation is 1. The van der Waals surface area contributed by atoms with Gasteiger partial charge in [-0.15, -0.1) is 0 Å². The summed E-state index contributed by atoms with van der Waals surface area (Å²) in [6, 6.07) is 10.5. The molecule has 1 N–H and O–H groups in total. The van der Waals surface area contributed by atoms with Crippen molar-refractivity contribution in [3.8, 4) is 0 Å². The molecule has 18 heavy (non-hydrogen) atoms. The van der Waals surface area contributed by atoms with E-state index in [9.17, 15) is 5.11 Å². The number of rotatable bonds is 5. The molecule has 1 fully saturated rings. The van der Waals surface area contributed by atoms with Crippen LogP contribution in [0.5, 0.6) is 0 Å². The molecule has 0 saturated heterocycles. The van der Waals surface area contributed by atoms with Gasteiger partial charge in [-0.2, -0.15) is 11.3 Å². The Labute approximate surface area is 112 Å². The van der Waals surface area contributed by atoms with E-state index in [0.717, 1.165) is 18.4 Å². The Balaban J connectivity index is 1.69. The van der Waals surface area contributed by atoms with Gasteiger partial charge < -0.3 is 5.11 Å². The molecule has 1 aromatic carbocycles. The van der Waals surface area contributed by atoms with Crippen molar-refractivity contribution in [1.29, 1.82) is 0 Å². The van der Waals surface area contributed by atoms with Crippen LogP contribution in [0.1, 0.15) is 48.0 Å². The van der Waals surface area contributed by atoms with Crippen LogP contribution in [0.4, 0.5) is 0 Å². The van der Waals surface area contributed by atoms with Gasteiger partial charge in [-0.1, -0.05) is 24.3 Å². The lowest BCUT2D eigenvalue weighted by Gasteiger charge is -2.15. The van der Waals surface area contributed by atoms with E-state index in [1.54, 1.807) is 11.3 Å². The summed E-state index contributed by atoms with van der Waals surface area (Å²) in [5.41, 5.74) is 3.86. The van der Waals surface area contributed by atoms with Crippen molar-refractivity contribution in [3.63, 3.8) is 0 Å². The number of hydrogen-bond donors (Lipinski definition) is 1. The molecular weight excluding hydrogens is 240 g/mol. The Hall–Kier alpha value is -1.12. The molecule has 1 saturated carbocycles. The largest absolute Gasteiger partial charge is 0.388 e. The SMILES string of the molecule is OC(CCc1ccsc1)c1ccccc1C1CC1. The molecule has 0 spiro atoms. The summed E-state index contributed by atoms with van der Waals surface area (Å²) in [6.07, 6.45) is 4.04. The zero-order valence-corrected chi connectivity index (χ0v) is 11.2. The quantitative estimate of drug-likeness (QED) is 0.848. The molecule has 0 amide bonds. The van der Waals surface area contributed by atoms with E-state index in [4.69, 9.17) is 0 Å². The fourth-order valence-corrected chi connectivity index (χ4v) is 3.18. The van der Waals surface area contributed by atoms with Gasteiger partial charge in [-0.3, -0.25) is 0 Å². The van der Waals surface area contributed by atoms with E-state index in [0.29, 0.717) is 5.92 Å². The molecule has 0 aliphatic heterocycles. The Morgan fingerprint density at radius 1 is 1.22 bits per heavy atom. The minimum atomic E-state index is -0.318. The molecule has 1 nitrogen and oxygen atoms in total. The first kappa shape index (κ1) is 11.9. The molecule has 0 bridgehead atoms. The molecule has 94 valence electrons. The molecule has 1 aliphatic carbocycles. The molecule has 1 heterocycles. The van der Waals surface area contributed by atoms with Crippen LogP contribution in [0.2, 0.25) is 0 Å². The number of aliphatic hydroxyl groups excluding tert-OH is 1. The summed E-state index contributed by atoms with van der Waals surface area (Å²) < 4.78 is 0. The van der Waals surface area contributed by atoms with E-state index >= 15 is 0 Å². The van der Waals surface area contributed by atoms with E-state index in [1.165, 1.54) is 24.0 Å². The number of hydrogen-bond acceptors (Lipinski definition) is 2. The Morgan fingerprint density at radius 2 is 2.06 bits per heavy atom. The van der Waals surface area contributed by atoms with Crippen molar-refractivity contribution in [1.82, 2.24) is 0 Å². The average Bonchev–Trinajstić information content (AvgIpc) is 3.13. The van der Waals surface area contributed by atoms with Gasteiger partial charge in [0, 0.05) is 0 Å². The second-order valence-electron chi connectivity index (χ2n) is 5.09. The maximum absolute atomic E-state index is 10.4. The van der Waals surface area contributed by atoms with Crippen molar-refractivity contribution < 1.29 is 5.11 Å². The Bertz CT molecular complexity index is 500. The van der Waals surface area contributed by atoms with Crippen molar-refractivity contribution in [2.45, 2.75) is 37.7 Å². The Morgan fingerprint density at radius 3 is 2.78 bits per heavy atom. The van der Waals surface area contributed by atoms with Gasteiger partial charge in [0.05, 0.1) is 6.10 Å². The van der Waals surface area contributed by atoms with E-state index in [1.807, 2.05) is 6.07 Å². The maximum atomic E-state index is 10.4. The van der Waals surface area contributed by atoms with Crippen molar-refractivity contribution >= 4 is 11.3 Å². The summed E-state index contributed by atoms with van der Waals surface area (Å²) in [6.45, 7) is 0. The number of aliphatic hydroxyl groups is 1. The standard InChI is InChI=1S/C16H18OS/c17-16(8-5-12-9-10-18-11-12)15-4-2-1-3-14(15)13-6-7-13/h1-4,9-11,13,16-17H,5-8H2. The third-order valence-electron chi connectivity index (χ3n) is 3.66. The molecule has 1 aromatic heterocycles. The predicted molar refractivity (Wildman–Crippen MR) is 76.0 cm³/mol. The lowest BCUT2D eigenvalue weighted by molar-refractivity contribution is 0.167. The fraction of sp³-hybridized carbons (Fsp3) is 0.375. The van der Waals surface area contributed by atoms with Crippen molar-refractivity contribution in [3.05, 3.63) is 57.8 Å². The van der Waals surface area contributed by atoms with Crippen LogP contribution in [0.15, 0.2) is 41.1 Å². The lowest BCUT2D eigenvalue weighted by Crippen LogP contribution is -2.02. The summed E-state index contributed by atoms with van der Waals surface area (Å²) in [4.78, 5) is 0. The molecule has 2 aromatic rings. The smallest absolute Gasteiger partial charge is 0.0796 e. The highest BCUT2D eigenvalue weighted by atomic mass is 32.1. The summed E-state index contributed by atoms with van der Waals surface area (Å²) in [7, 11) is 0. The highest BCUT2D eigenvalue weighted by molar-refractivity contribution is 7.07. The van der Waals surface area contributed by atoms with Crippen LogP contribution in [-0.4, -0.2) is 5.11 Å². The number of thiophene rings is 1. The van der Waals surface area contributed by atoms with Crippen LogP contribution >= 0.6 is 11.3 Å². The normalized spacial score (nSPS) is 16.7. The third kappa shape index (κ3) is 2.65. The first-order chi connectivity index (χ1) is 8.84. The highest BCUT2D eigenvalue weighted by Crippen LogP contribution is 2.43. The van der Waals surface area contributed by atoms with Crippen LogP contribution in [0.3, 0.4) is 0 Å². The van der Waals surface area contributed by atoms with Gasteiger partial charge in [-0.05, 0) is 65.1 Å². The monoisotopic (exact) mass is 258 g/mol. The zero-order chi connectivity index (χ0) is 12.4. The van der Waals surface area contributed by atoms with Crippen LogP contribution < -0.4 is 0 Å². The molecule has 0 radical (unpaired) electrons. The van der Waals surface area contributed by atoms with Crippen molar-refractivity contribution in [2.75, 3.05) is 0 Å². The van der Waals surface area contributed by atoms with Crippen molar-refractivity contribution in [2.24, 2.45) is 0 Å². The highest BCUT2D eigenvalue weighted by Gasteiger charge is 2.27. The van der Waals surface area contributed by atoms with E-state index < -0.39 is 0 Å². The van der Waals surface area contributed by atoms with E-state index in [2.05, 4.69) is 35.0 Å². The van der Waals surface area contributed by atoms with Gasteiger partial charge in [0.1, 0.15) is 0 Å². The fourth-order valence-electron chi connectivity index (χ4n) is 2.47. The van der Waals surface area contributed by atoms with Crippen LogP contribution in [-0.2, 0) is 6.42 Å². The lowest BCUT2D eigenvalue weighted by atomic mass is 9.95. The average molecular weight is 258 g/mol. The van der Waals surface area contributed by atoms with Crippen LogP contribution in [0, 0.1) is 0 Å². The molecule has 1 unspecified atom stereocenters. The number of benzene rings is 1. The van der Waals surface area contributed by atoms with Crippen LogP contribution in [0.25, 0.3) is 0 Å². The van der Waals surface area contributed by atoms with Gasteiger partial charge in [-0.25, -0.2) is 0 Å². The zero-order valence-electron chi connectivity index (χ0n) is 10.4.